The predicted octanol–water partition coefficient (Wildman–Crippen LogP) is 4.83. The van der Waals surface area contributed by atoms with Crippen LogP contribution in [0.1, 0.15) is 22.3 Å². The number of benzene rings is 2. The van der Waals surface area contributed by atoms with E-state index in [1.165, 1.54) is 48.7 Å². The van der Waals surface area contributed by atoms with Crippen molar-refractivity contribution in [1.82, 2.24) is 4.98 Å². The molecule has 0 spiro atoms. The molecule has 186 valence electrons. The van der Waals surface area contributed by atoms with E-state index in [1.54, 1.807) is 0 Å². The number of anilines is 4. The summed E-state index contributed by atoms with van der Waals surface area (Å²) in [7, 11) is 0. The van der Waals surface area contributed by atoms with Gasteiger partial charge in [-0.2, -0.15) is 5.26 Å². The molecule has 1 aliphatic rings. The number of aliphatic hydroxyl groups is 1. The zero-order valence-corrected chi connectivity index (χ0v) is 19.3. The Bertz CT molecular complexity index is 1310. The summed E-state index contributed by atoms with van der Waals surface area (Å²) in [5, 5.41) is 24.9. The van der Waals surface area contributed by atoms with Crippen LogP contribution in [0.25, 0.3) is 0 Å². The lowest BCUT2D eigenvalue weighted by atomic mass is 10.1. The number of ether oxygens (including phenoxy) is 1. The zero-order chi connectivity index (χ0) is 25.9. The van der Waals surface area contributed by atoms with Crippen molar-refractivity contribution >= 4 is 40.4 Å². The highest BCUT2D eigenvalue weighted by atomic mass is 35.5. The Kier molecular flexibility index (Phi) is 7.19. The maximum Gasteiger partial charge on any atom is 0.487 e. The molecule has 1 amide bonds. The number of carbonyl (C=O) groups is 1. The SMILES string of the molecule is N#Cc1c(F)cccc1Nc1cc(C(=O)Nc2ccc(OC(F)(F)Cl)cc2)cnc1N1CC[C@@H](O)C1. The number of nitrogens with zero attached hydrogens (tertiary/aromatic N) is 3. The van der Waals surface area contributed by atoms with Crippen LogP contribution in [0.5, 0.6) is 5.75 Å². The number of aromatic nitrogens is 1. The summed E-state index contributed by atoms with van der Waals surface area (Å²) in [6.07, 6.45) is 1.32. The van der Waals surface area contributed by atoms with Gasteiger partial charge in [-0.3, -0.25) is 4.79 Å². The van der Waals surface area contributed by atoms with Crippen molar-refractivity contribution in [2.45, 2.75) is 18.1 Å². The van der Waals surface area contributed by atoms with Crippen LogP contribution in [-0.2, 0) is 0 Å². The molecular formula is C24H19ClF3N5O3. The quantitative estimate of drug-likeness (QED) is 0.385. The molecule has 0 bridgehead atoms. The van der Waals surface area contributed by atoms with Gasteiger partial charge < -0.3 is 25.4 Å². The smallest absolute Gasteiger partial charge is 0.420 e. The zero-order valence-electron chi connectivity index (χ0n) is 18.5. The van der Waals surface area contributed by atoms with Crippen molar-refractivity contribution in [3.63, 3.8) is 0 Å². The van der Waals surface area contributed by atoms with E-state index < -0.39 is 23.4 Å². The largest absolute Gasteiger partial charge is 0.487 e. The molecular weight excluding hydrogens is 499 g/mol. The highest BCUT2D eigenvalue weighted by molar-refractivity contribution is 6.20. The van der Waals surface area contributed by atoms with E-state index in [-0.39, 0.29) is 22.6 Å². The summed E-state index contributed by atoms with van der Waals surface area (Å²) >= 11 is 4.75. The Hall–Kier alpha value is -4.01. The number of nitrogens with one attached hydrogen (secondary N) is 2. The molecule has 3 N–H and O–H groups in total. The first-order valence-corrected chi connectivity index (χ1v) is 11.1. The average molecular weight is 518 g/mol. The van der Waals surface area contributed by atoms with Crippen LogP contribution in [0.3, 0.4) is 0 Å². The second-order valence-electron chi connectivity index (χ2n) is 7.91. The number of alkyl halides is 3. The summed E-state index contributed by atoms with van der Waals surface area (Å²) in [4.78, 5) is 19.1. The molecule has 1 aliphatic heterocycles. The van der Waals surface area contributed by atoms with Crippen LogP contribution >= 0.6 is 11.6 Å². The minimum Gasteiger partial charge on any atom is -0.420 e. The fourth-order valence-electron chi connectivity index (χ4n) is 3.69. The van der Waals surface area contributed by atoms with E-state index in [2.05, 4.69) is 20.4 Å². The molecule has 12 heteroatoms. The third-order valence-electron chi connectivity index (χ3n) is 5.33. The Morgan fingerprint density at radius 2 is 2.00 bits per heavy atom. The maximum absolute atomic E-state index is 14.1. The molecule has 1 fully saturated rings. The van der Waals surface area contributed by atoms with Gasteiger partial charge in [0.2, 0.25) is 0 Å². The molecule has 0 unspecified atom stereocenters. The van der Waals surface area contributed by atoms with E-state index in [4.69, 9.17) is 11.6 Å². The van der Waals surface area contributed by atoms with Crippen LogP contribution in [0.2, 0.25) is 0 Å². The molecule has 36 heavy (non-hydrogen) atoms. The molecule has 1 saturated heterocycles. The summed E-state index contributed by atoms with van der Waals surface area (Å²) < 4.78 is 43.9. The molecule has 8 nitrogen and oxygen atoms in total. The first-order chi connectivity index (χ1) is 17.1. The third kappa shape index (κ3) is 5.97. The first kappa shape index (κ1) is 25.1. The first-order valence-electron chi connectivity index (χ1n) is 10.7. The van der Waals surface area contributed by atoms with Gasteiger partial charge in [0.25, 0.3) is 5.91 Å². The van der Waals surface area contributed by atoms with E-state index in [9.17, 15) is 28.3 Å². The number of amides is 1. The summed E-state index contributed by atoms with van der Waals surface area (Å²) in [6, 6.07) is 12.6. The van der Waals surface area contributed by atoms with Crippen molar-refractivity contribution in [2.24, 2.45) is 0 Å². The normalized spacial score (nSPS) is 15.3. The molecule has 0 radical (unpaired) electrons. The Labute approximate surface area is 208 Å². The monoisotopic (exact) mass is 517 g/mol. The fourth-order valence-corrected chi connectivity index (χ4v) is 3.78. The fraction of sp³-hybridized carbons (Fsp3) is 0.208. The third-order valence-corrected chi connectivity index (χ3v) is 5.41. The van der Waals surface area contributed by atoms with E-state index in [0.717, 1.165) is 6.07 Å². The van der Waals surface area contributed by atoms with Gasteiger partial charge in [-0.25, -0.2) is 9.37 Å². The molecule has 4 rings (SSSR count). The molecule has 0 aliphatic carbocycles. The number of nitriles is 1. The minimum absolute atomic E-state index is 0.128. The number of rotatable bonds is 7. The topological polar surface area (TPSA) is 111 Å². The average Bonchev–Trinajstić information content (AvgIpc) is 3.25. The second kappa shape index (κ2) is 10.3. The van der Waals surface area contributed by atoms with Gasteiger partial charge in [0, 0.05) is 36.6 Å². The van der Waals surface area contributed by atoms with Gasteiger partial charge in [-0.15, -0.1) is 8.78 Å². The lowest BCUT2D eigenvalue weighted by Gasteiger charge is -2.22. The standard InChI is InChI=1S/C24H19ClF3N5O3/c25-24(27,28)36-17-6-4-15(5-7-17)31-23(35)14-10-21(22(30-12-14)33-9-8-16(34)13-33)32-20-3-1-2-19(26)18(20)11-29/h1-7,10,12,16,32,34H,8-9,13H2,(H,31,35)/t16-/m1/s1. The number of pyridine rings is 1. The lowest BCUT2D eigenvalue weighted by Crippen LogP contribution is -2.24. The van der Waals surface area contributed by atoms with Gasteiger partial charge >= 0.3 is 5.57 Å². The van der Waals surface area contributed by atoms with Crippen molar-refractivity contribution in [1.29, 1.82) is 5.26 Å². The highest BCUT2D eigenvalue weighted by Gasteiger charge is 2.28. The van der Waals surface area contributed by atoms with Crippen LogP contribution in [0, 0.1) is 17.1 Å². The Morgan fingerprint density at radius 1 is 1.25 bits per heavy atom. The number of hydrogen-bond donors (Lipinski definition) is 3. The molecule has 1 atom stereocenters. The van der Waals surface area contributed by atoms with Crippen LogP contribution in [0.15, 0.2) is 54.7 Å². The summed E-state index contributed by atoms with van der Waals surface area (Å²) in [6.45, 7) is 0.829. The van der Waals surface area contributed by atoms with Crippen LogP contribution < -0.4 is 20.3 Å². The Balaban J connectivity index is 1.61. The number of carbonyl (C=O) groups excluding carboxylic acids is 1. The van der Waals surface area contributed by atoms with Crippen molar-refractivity contribution < 1.29 is 27.8 Å². The number of hydrogen-bond acceptors (Lipinski definition) is 7. The molecule has 2 heterocycles. The lowest BCUT2D eigenvalue weighted by molar-refractivity contribution is -0.0964. The molecule has 2 aromatic carbocycles. The molecule has 3 aromatic rings. The van der Waals surface area contributed by atoms with Crippen molar-refractivity contribution in [2.75, 3.05) is 28.6 Å². The predicted molar refractivity (Wildman–Crippen MR) is 127 cm³/mol. The number of halogens is 4. The number of aliphatic hydroxyl groups excluding tert-OH is 1. The maximum atomic E-state index is 14.1. The highest BCUT2D eigenvalue weighted by Crippen LogP contribution is 2.32. The summed E-state index contributed by atoms with van der Waals surface area (Å²) in [5.41, 5.74) is -3.13. The van der Waals surface area contributed by atoms with Gasteiger partial charge in [0.05, 0.1) is 23.0 Å². The van der Waals surface area contributed by atoms with Crippen molar-refractivity contribution in [3.05, 3.63) is 71.7 Å². The Morgan fingerprint density at radius 3 is 2.64 bits per heavy atom. The van der Waals surface area contributed by atoms with E-state index >= 15 is 0 Å². The molecule has 1 aromatic heterocycles. The van der Waals surface area contributed by atoms with E-state index in [0.29, 0.717) is 36.7 Å². The van der Waals surface area contributed by atoms with Crippen LogP contribution in [-0.4, -0.2) is 40.8 Å². The van der Waals surface area contributed by atoms with Gasteiger partial charge in [0.15, 0.2) is 5.82 Å². The van der Waals surface area contributed by atoms with Crippen LogP contribution in [0.4, 0.5) is 36.1 Å². The van der Waals surface area contributed by atoms with Gasteiger partial charge in [-0.1, -0.05) is 6.07 Å². The summed E-state index contributed by atoms with van der Waals surface area (Å²) in [5.74, 6) is -1.04. The van der Waals surface area contributed by atoms with Gasteiger partial charge in [0.1, 0.15) is 23.2 Å². The minimum atomic E-state index is -3.86. The number of β-amino-alcohol motifs (C(OH)–C–C–N with tert-alkyl or cyclic N) is 1. The second-order valence-corrected chi connectivity index (χ2v) is 8.35. The van der Waals surface area contributed by atoms with Gasteiger partial charge in [-0.05, 0) is 48.9 Å². The molecule has 0 saturated carbocycles. The van der Waals surface area contributed by atoms with Crippen molar-refractivity contribution in [3.8, 4) is 11.8 Å². The van der Waals surface area contributed by atoms with E-state index in [1.807, 2.05) is 11.0 Å².